The number of carbonyl (C=O) groups excluding carboxylic acids is 3. The Balaban J connectivity index is 0.000000135. The van der Waals surface area contributed by atoms with Gasteiger partial charge in [0, 0.05) is 101 Å². The number of benzene rings is 3. The van der Waals surface area contributed by atoms with Crippen molar-refractivity contribution in [1.29, 1.82) is 0 Å². The van der Waals surface area contributed by atoms with Gasteiger partial charge in [-0.05, 0) is 247 Å². The fourth-order valence-corrected chi connectivity index (χ4v) is 25.2. The van der Waals surface area contributed by atoms with Gasteiger partial charge in [0.25, 0.3) is 0 Å². The summed E-state index contributed by atoms with van der Waals surface area (Å²) >= 11 is 0. The van der Waals surface area contributed by atoms with Crippen molar-refractivity contribution in [3.63, 3.8) is 0 Å². The molecule has 7 aliphatic rings. The zero-order valence-electron chi connectivity index (χ0n) is 70.2. The molecule has 9 atom stereocenters. The summed E-state index contributed by atoms with van der Waals surface area (Å²) in [6.45, 7) is 2.34. The van der Waals surface area contributed by atoms with E-state index in [4.69, 9.17) is 0 Å². The molecule has 0 bridgehead atoms. The SMILES string of the molecule is C=S(=O)(c1cn(C)cn1)N(CC(F)(F)F)[C@H]1CCC2=Cc3c(cnn3-c3ccc(F)cc3)C[C@]2(C(=O)c2cc(F)ccn2)C1.C=S(=O)(c1cnn(C)c1)N(C1CC1)[C@H]1CCC2=Cc3c(cnn3-c3ccc(F)cc3)C[C@]2(C(=O)c2cc(F)ccn2)C1.C=S(=O)(c1ncn(C)n1)N(C(C)C)[C@H]1CCC2=Cc3c(cnn3-c3ccc(F)cc3)C[C@]2(C(=O)c2cc(F)ccn2)C1. The van der Waals surface area contributed by atoms with Crippen LogP contribution in [0.4, 0.5) is 39.5 Å². The fraction of sp³-hybridized carbons (Fsp3) is 0.319. The number of pyridine rings is 3. The average molecular weight is 1810 g/mol. The number of aryl methyl sites for hydroxylation is 3. The Kier molecular flexibility index (Phi) is 23.2. The zero-order valence-corrected chi connectivity index (χ0v) is 72.6. The van der Waals surface area contributed by atoms with Crippen LogP contribution in [0.25, 0.3) is 35.3 Å². The van der Waals surface area contributed by atoms with Gasteiger partial charge in [-0.3, -0.25) is 38.7 Å². The summed E-state index contributed by atoms with van der Waals surface area (Å²) in [6.07, 6.45) is 23.0. The molecule has 3 unspecified atom stereocenters. The Hall–Kier alpha value is -12.2. The molecule has 0 saturated heterocycles. The monoisotopic (exact) mass is 1810 g/mol. The van der Waals surface area contributed by atoms with Gasteiger partial charge in [0.15, 0.2) is 22.4 Å². The molecule has 0 radical (unpaired) electrons. The maximum absolute atomic E-state index is 14.5. The van der Waals surface area contributed by atoms with E-state index in [2.05, 4.69) is 68.0 Å². The summed E-state index contributed by atoms with van der Waals surface area (Å²) < 4.78 is 183. The Morgan fingerprint density at radius 2 is 0.875 bits per heavy atom. The summed E-state index contributed by atoms with van der Waals surface area (Å²) in [6, 6.07) is 23.1. The highest BCUT2D eigenvalue weighted by Gasteiger charge is 2.57. The van der Waals surface area contributed by atoms with Gasteiger partial charge < -0.3 is 4.57 Å². The summed E-state index contributed by atoms with van der Waals surface area (Å²) in [5.74, 6) is 8.02. The number of aromatic nitrogens is 16. The third-order valence-corrected chi connectivity index (χ3v) is 31.6. The van der Waals surface area contributed by atoms with Crippen molar-refractivity contribution in [2.45, 2.75) is 155 Å². The van der Waals surface area contributed by atoms with Crippen molar-refractivity contribution in [3.8, 4) is 17.1 Å². The molecule has 37 heteroatoms. The number of hydrogen-bond donors (Lipinski definition) is 0. The number of nitrogens with zero attached hydrogens (tertiary/aromatic N) is 19. The predicted octanol–water partition coefficient (Wildman–Crippen LogP) is 14.4. The quantitative estimate of drug-likeness (QED) is 0.0367. The molecule has 25 nitrogen and oxygen atoms in total. The Morgan fingerprint density at radius 1 is 0.469 bits per heavy atom. The molecule has 0 aliphatic heterocycles. The van der Waals surface area contributed by atoms with Crippen molar-refractivity contribution in [2.75, 3.05) is 6.54 Å². The topological polar surface area (TPSA) is 271 Å². The molecule has 9 aromatic heterocycles. The minimum atomic E-state index is -4.73. The van der Waals surface area contributed by atoms with E-state index in [1.807, 2.05) is 34.6 Å². The highest BCUT2D eigenvalue weighted by atomic mass is 32.2. The Bertz CT molecular complexity index is 6550. The van der Waals surface area contributed by atoms with Crippen LogP contribution in [0.1, 0.15) is 150 Å². The molecule has 0 amide bonds. The molecule has 4 saturated carbocycles. The average Bonchev–Trinajstić information content (AvgIpc) is 1.41. The lowest BCUT2D eigenvalue weighted by molar-refractivity contribution is -0.140. The maximum Gasteiger partial charge on any atom is 0.402 e. The molecule has 0 N–H and O–H groups in total. The van der Waals surface area contributed by atoms with E-state index < -0.39 is 93.2 Å². The number of hydrogen-bond acceptors (Lipinski definition) is 16. The van der Waals surface area contributed by atoms with E-state index in [1.165, 1.54) is 95.1 Å². The molecule has 0 spiro atoms. The van der Waals surface area contributed by atoms with E-state index in [0.717, 1.165) is 75.2 Å². The Labute approximate surface area is 732 Å². The van der Waals surface area contributed by atoms with Gasteiger partial charge in [-0.1, -0.05) is 16.7 Å². The highest BCUT2D eigenvalue weighted by molar-refractivity contribution is 7.98. The molecule has 664 valence electrons. The summed E-state index contributed by atoms with van der Waals surface area (Å²) in [7, 11) is -4.64. The zero-order chi connectivity index (χ0) is 90.5. The van der Waals surface area contributed by atoms with Gasteiger partial charge in [0.2, 0.25) is 5.16 Å². The smallest absolute Gasteiger partial charge is 0.339 e. The van der Waals surface area contributed by atoms with Gasteiger partial charge >= 0.3 is 6.18 Å². The van der Waals surface area contributed by atoms with E-state index in [0.29, 0.717) is 90.2 Å². The molecule has 3 aromatic carbocycles. The van der Waals surface area contributed by atoms with Crippen LogP contribution >= 0.6 is 0 Å². The van der Waals surface area contributed by atoms with Gasteiger partial charge in [0.05, 0.1) is 116 Å². The maximum atomic E-state index is 14.5. The second kappa shape index (κ2) is 33.8. The van der Waals surface area contributed by atoms with Crippen LogP contribution in [-0.4, -0.2) is 182 Å². The molecule has 4 fully saturated rings. The molecule has 9 heterocycles. The molecule has 7 aliphatic carbocycles. The number of carbonyl (C=O) groups is 3. The standard InChI is InChI=1S/C31H30F2N6O2S.C30H27F5N6O2S.C30H31F2N7O2S/c1-37-19-27(18-35-37)42(2,41)39(25-9-10-25)26-6-3-21-13-29-20(17-36-38(29)24-7-4-22(32)5-8-24)15-31(21,16-26)30(40)28-14-23(33)11-12-34-28;1-39-16-27(37-18-39)44(2,43)40(17-30(33,34)35)24-6-3-20-11-26-19(15-38-41(26)23-7-4-21(31)5-8-23)13-29(20,14-24)28(42)25-12-22(32)9-10-36-25;1-19(2)39(42(4,41)29-34-18-37(3)36-29)25-8-5-21-13-27-20(17-35-38(27)24-9-6-22(31)7-10-24)15-30(21,16-25)28(40)26-14-23(32)11-12-33-26/h4-5,7-8,11-14,17-19,25-26H,2-3,6,9-10,15-16H2,1H3;4-5,7-12,15-16,18,24H,2-3,6,13-14,17H2,1H3;6-7,9-14,17-19,25H,4-5,8,15-16H2,1-3H3/t26-,31-,42?;24-,29-,44?;25-,30-,42?/m000/s1. The third-order valence-electron chi connectivity index (χ3n) is 25.1. The lowest BCUT2D eigenvalue weighted by atomic mass is 9.60. The molecule has 128 heavy (non-hydrogen) atoms. The number of imidazole rings is 1. The number of halogens is 9. The number of Topliss-reactive ketones (excluding diaryl/α,β-unsaturated/α-hetero) is 3. The number of alkyl halides is 3. The largest absolute Gasteiger partial charge is 0.402 e. The first-order chi connectivity index (χ1) is 60.9. The summed E-state index contributed by atoms with van der Waals surface area (Å²) in [4.78, 5) is 64.7. The van der Waals surface area contributed by atoms with Crippen LogP contribution in [0.15, 0.2) is 209 Å². The lowest BCUT2D eigenvalue weighted by Gasteiger charge is -2.48. The van der Waals surface area contributed by atoms with E-state index in [-0.39, 0.29) is 100 Å². The lowest BCUT2D eigenvalue weighted by Crippen LogP contribution is -2.52. The fourth-order valence-electron chi connectivity index (χ4n) is 19.3. The van der Waals surface area contributed by atoms with Crippen molar-refractivity contribution >= 4 is 82.3 Å². The minimum Gasteiger partial charge on any atom is -0.339 e. The van der Waals surface area contributed by atoms with Crippen molar-refractivity contribution < 1.29 is 66.5 Å². The van der Waals surface area contributed by atoms with Gasteiger partial charge in [-0.25, -0.2) is 75.9 Å². The third kappa shape index (κ3) is 16.7. The Morgan fingerprint density at radius 3 is 1.23 bits per heavy atom. The van der Waals surface area contributed by atoms with E-state index in [9.17, 15) is 66.5 Å². The second-order valence-electron chi connectivity index (χ2n) is 34.0. The number of rotatable bonds is 21. The first-order valence-electron chi connectivity index (χ1n) is 41.4. The van der Waals surface area contributed by atoms with Crippen LogP contribution in [-0.2, 0) is 69.5 Å². The van der Waals surface area contributed by atoms with Crippen LogP contribution in [0.5, 0.6) is 0 Å². The molecular weight excluding hydrogens is 1720 g/mol. The normalized spacial score (nSPS) is 22.0. The van der Waals surface area contributed by atoms with Crippen molar-refractivity contribution in [3.05, 3.63) is 280 Å². The number of allylic oxidation sites excluding steroid dienone is 3. The van der Waals surface area contributed by atoms with Crippen LogP contribution in [0, 0.1) is 51.1 Å². The summed E-state index contributed by atoms with van der Waals surface area (Å²) in [5, 5.41) is 22.2. The molecule has 19 rings (SSSR count). The van der Waals surface area contributed by atoms with E-state index in [1.54, 1.807) is 113 Å². The second-order valence-corrected chi connectivity index (χ2v) is 40.4. The predicted molar refractivity (Wildman–Crippen MR) is 464 cm³/mol. The van der Waals surface area contributed by atoms with Crippen LogP contribution < -0.4 is 0 Å². The number of ketones is 3. The molecule has 12 aromatic rings. The van der Waals surface area contributed by atoms with Crippen molar-refractivity contribution in [2.24, 2.45) is 37.4 Å². The first-order valence-corrected chi connectivity index (χ1v) is 46.4. The first kappa shape index (κ1) is 87.9. The molecular formula is C91H88F9N19O6S3. The van der Waals surface area contributed by atoms with Crippen molar-refractivity contribution in [1.82, 2.24) is 91.3 Å². The minimum absolute atomic E-state index is 0.0324. The van der Waals surface area contributed by atoms with Gasteiger partial charge in [-0.15, -0.1) is 5.10 Å². The van der Waals surface area contributed by atoms with Gasteiger partial charge in [0.1, 0.15) is 64.9 Å². The highest BCUT2D eigenvalue weighted by Crippen LogP contribution is 2.56. The van der Waals surface area contributed by atoms with Gasteiger partial charge in [-0.2, -0.15) is 33.6 Å². The summed E-state index contributed by atoms with van der Waals surface area (Å²) in [5.41, 5.74) is 5.36. The van der Waals surface area contributed by atoms with Crippen LogP contribution in [0.2, 0.25) is 0 Å². The number of fused-ring (bicyclic) bond motifs is 6. The van der Waals surface area contributed by atoms with Crippen LogP contribution in [0.3, 0.4) is 0 Å². The van der Waals surface area contributed by atoms with E-state index >= 15 is 0 Å².